The first-order chi connectivity index (χ1) is 14.4. The van der Waals surface area contributed by atoms with E-state index in [1.807, 2.05) is 42.5 Å². The molecule has 3 rings (SSSR count). The highest BCUT2D eigenvalue weighted by molar-refractivity contribution is 5.96. The topological polar surface area (TPSA) is 130 Å². The summed E-state index contributed by atoms with van der Waals surface area (Å²) in [5, 5.41) is 15.1. The van der Waals surface area contributed by atoms with Gasteiger partial charge in [-0.2, -0.15) is 0 Å². The summed E-state index contributed by atoms with van der Waals surface area (Å²) < 4.78 is 0. The van der Waals surface area contributed by atoms with E-state index in [1.54, 1.807) is 0 Å². The molecule has 0 bridgehead atoms. The molecule has 0 saturated heterocycles. The standard InChI is InChI=1S/C21H18N4O5/c26-19(12-16-6-3-5-14-4-1-2-7-18(14)16)22-13-20(27)23-24-21(28)15-8-10-17(11-9-15)25(29)30/h1-11H,12-13H2,(H,22,26)(H,23,27)(H,24,28). The number of hydrazine groups is 1. The predicted octanol–water partition coefficient (Wildman–Crippen LogP) is 1.87. The Morgan fingerprint density at radius 3 is 2.27 bits per heavy atom. The van der Waals surface area contributed by atoms with E-state index in [9.17, 15) is 24.5 Å². The van der Waals surface area contributed by atoms with E-state index in [1.165, 1.54) is 24.3 Å². The van der Waals surface area contributed by atoms with E-state index >= 15 is 0 Å². The smallest absolute Gasteiger partial charge is 0.269 e. The van der Waals surface area contributed by atoms with Gasteiger partial charge in [-0.1, -0.05) is 42.5 Å². The van der Waals surface area contributed by atoms with Crippen molar-refractivity contribution in [1.82, 2.24) is 16.2 Å². The van der Waals surface area contributed by atoms with E-state index in [4.69, 9.17) is 0 Å². The summed E-state index contributed by atoms with van der Waals surface area (Å²) in [6.07, 6.45) is 0.115. The van der Waals surface area contributed by atoms with Gasteiger partial charge in [-0.05, 0) is 28.5 Å². The third-order valence-electron chi connectivity index (χ3n) is 4.33. The summed E-state index contributed by atoms with van der Waals surface area (Å²) in [5.41, 5.74) is 5.20. The number of nitro groups is 1. The number of amides is 3. The summed E-state index contributed by atoms with van der Waals surface area (Å²) in [6, 6.07) is 18.3. The Balaban J connectivity index is 1.46. The summed E-state index contributed by atoms with van der Waals surface area (Å²) in [5.74, 6) is -1.58. The van der Waals surface area contributed by atoms with Crippen LogP contribution in [0, 0.1) is 10.1 Å². The van der Waals surface area contributed by atoms with Crippen molar-refractivity contribution in [1.29, 1.82) is 0 Å². The fourth-order valence-corrected chi connectivity index (χ4v) is 2.84. The Morgan fingerprint density at radius 1 is 0.833 bits per heavy atom. The van der Waals surface area contributed by atoms with Gasteiger partial charge in [0, 0.05) is 17.7 Å². The van der Waals surface area contributed by atoms with Gasteiger partial charge in [0.05, 0.1) is 17.9 Å². The van der Waals surface area contributed by atoms with Crippen LogP contribution in [-0.2, 0) is 16.0 Å². The van der Waals surface area contributed by atoms with Crippen molar-refractivity contribution < 1.29 is 19.3 Å². The van der Waals surface area contributed by atoms with E-state index in [-0.39, 0.29) is 30.1 Å². The number of carbonyl (C=O) groups is 3. The fourth-order valence-electron chi connectivity index (χ4n) is 2.84. The Kier molecular flexibility index (Phi) is 6.33. The predicted molar refractivity (Wildman–Crippen MR) is 109 cm³/mol. The summed E-state index contributed by atoms with van der Waals surface area (Å²) in [6.45, 7) is -0.315. The molecule has 0 aliphatic carbocycles. The van der Waals surface area contributed by atoms with E-state index in [2.05, 4.69) is 16.2 Å². The molecule has 3 amide bonds. The first-order valence-corrected chi connectivity index (χ1v) is 9.01. The number of nitro benzene ring substituents is 1. The van der Waals surface area contributed by atoms with Crippen molar-refractivity contribution in [2.45, 2.75) is 6.42 Å². The van der Waals surface area contributed by atoms with E-state index < -0.39 is 16.7 Å². The Labute approximate surface area is 171 Å². The van der Waals surface area contributed by atoms with Gasteiger partial charge >= 0.3 is 0 Å². The summed E-state index contributed by atoms with van der Waals surface area (Å²) in [7, 11) is 0. The van der Waals surface area contributed by atoms with Crippen molar-refractivity contribution >= 4 is 34.2 Å². The zero-order valence-electron chi connectivity index (χ0n) is 15.8. The maximum Gasteiger partial charge on any atom is 0.269 e. The molecule has 0 atom stereocenters. The Bertz CT molecular complexity index is 1110. The van der Waals surface area contributed by atoms with Gasteiger partial charge in [-0.25, -0.2) is 0 Å². The second-order valence-electron chi connectivity index (χ2n) is 6.40. The van der Waals surface area contributed by atoms with Crippen LogP contribution in [0.5, 0.6) is 0 Å². The molecule has 0 aliphatic rings. The van der Waals surface area contributed by atoms with Gasteiger partial charge in [-0.15, -0.1) is 0 Å². The number of nitrogens with one attached hydrogen (secondary N) is 3. The molecular formula is C21H18N4O5. The Morgan fingerprint density at radius 2 is 1.53 bits per heavy atom. The number of rotatable bonds is 6. The molecule has 0 aromatic heterocycles. The quantitative estimate of drug-likeness (QED) is 0.425. The lowest BCUT2D eigenvalue weighted by molar-refractivity contribution is -0.384. The van der Waals surface area contributed by atoms with E-state index in [0.717, 1.165) is 16.3 Å². The van der Waals surface area contributed by atoms with Gasteiger partial charge in [0.25, 0.3) is 17.5 Å². The van der Waals surface area contributed by atoms with Crippen molar-refractivity contribution in [2.24, 2.45) is 0 Å². The largest absolute Gasteiger partial charge is 0.347 e. The van der Waals surface area contributed by atoms with Crippen LogP contribution in [0.25, 0.3) is 10.8 Å². The number of non-ortho nitro benzene ring substituents is 1. The molecule has 9 nitrogen and oxygen atoms in total. The molecule has 152 valence electrons. The summed E-state index contributed by atoms with van der Waals surface area (Å²) in [4.78, 5) is 46.0. The minimum atomic E-state index is -0.639. The van der Waals surface area contributed by atoms with Crippen molar-refractivity contribution in [3.8, 4) is 0 Å². The van der Waals surface area contributed by atoms with Crippen molar-refractivity contribution in [3.05, 3.63) is 88.0 Å². The highest BCUT2D eigenvalue weighted by Crippen LogP contribution is 2.18. The molecule has 3 N–H and O–H groups in total. The first kappa shape index (κ1) is 20.5. The number of hydrogen-bond acceptors (Lipinski definition) is 5. The number of fused-ring (bicyclic) bond motifs is 1. The van der Waals surface area contributed by atoms with E-state index in [0.29, 0.717) is 0 Å². The van der Waals surface area contributed by atoms with Gasteiger partial charge in [0.15, 0.2) is 0 Å². The number of hydrogen-bond donors (Lipinski definition) is 3. The maximum atomic E-state index is 12.2. The molecule has 0 fully saturated rings. The minimum Gasteiger partial charge on any atom is -0.347 e. The van der Waals surface area contributed by atoms with Crippen molar-refractivity contribution in [3.63, 3.8) is 0 Å². The number of benzene rings is 3. The first-order valence-electron chi connectivity index (χ1n) is 9.01. The van der Waals surface area contributed by atoms with Crippen LogP contribution >= 0.6 is 0 Å². The Hall–Kier alpha value is -4.27. The molecule has 0 heterocycles. The molecule has 0 radical (unpaired) electrons. The van der Waals surface area contributed by atoms with Crippen molar-refractivity contribution in [2.75, 3.05) is 6.54 Å². The molecular weight excluding hydrogens is 388 g/mol. The van der Waals surface area contributed by atoms with Gasteiger partial charge < -0.3 is 5.32 Å². The molecule has 3 aromatic rings. The fraction of sp³-hybridized carbons (Fsp3) is 0.0952. The lowest BCUT2D eigenvalue weighted by Crippen LogP contribution is -2.46. The molecule has 0 unspecified atom stereocenters. The molecule has 0 aliphatic heterocycles. The third kappa shape index (κ3) is 5.16. The summed E-state index contributed by atoms with van der Waals surface area (Å²) >= 11 is 0. The third-order valence-corrected chi connectivity index (χ3v) is 4.33. The zero-order chi connectivity index (χ0) is 21.5. The molecule has 0 spiro atoms. The number of carbonyl (C=O) groups excluding carboxylic acids is 3. The van der Waals surface area contributed by atoms with Crippen LogP contribution in [0.2, 0.25) is 0 Å². The SMILES string of the molecule is O=C(Cc1cccc2ccccc12)NCC(=O)NNC(=O)c1ccc([N+](=O)[O-])cc1. The lowest BCUT2D eigenvalue weighted by atomic mass is 10.0. The van der Waals surface area contributed by atoms with Crippen LogP contribution in [0.15, 0.2) is 66.7 Å². The van der Waals surface area contributed by atoms with Crippen LogP contribution in [0.1, 0.15) is 15.9 Å². The van der Waals surface area contributed by atoms with Crippen LogP contribution in [0.3, 0.4) is 0 Å². The highest BCUT2D eigenvalue weighted by atomic mass is 16.6. The van der Waals surface area contributed by atoms with Gasteiger partial charge in [-0.3, -0.25) is 35.3 Å². The highest BCUT2D eigenvalue weighted by Gasteiger charge is 2.12. The average molecular weight is 406 g/mol. The average Bonchev–Trinajstić information content (AvgIpc) is 2.76. The second-order valence-corrected chi connectivity index (χ2v) is 6.40. The molecule has 9 heteroatoms. The van der Waals surface area contributed by atoms with Gasteiger partial charge in [0.1, 0.15) is 0 Å². The molecule has 0 saturated carbocycles. The molecule has 30 heavy (non-hydrogen) atoms. The maximum absolute atomic E-state index is 12.2. The molecule has 3 aromatic carbocycles. The normalized spacial score (nSPS) is 10.3. The lowest BCUT2D eigenvalue weighted by Gasteiger charge is -2.09. The number of nitrogens with zero attached hydrogens (tertiary/aromatic N) is 1. The van der Waals surface area contributed by atoms with Crippen LogP contribution < -0.4 is 16.2 Å². The second kappa shape index (κ2) is 9.28. The van der Waals surface area contributed by atoms with Gasteiger partial charge in [0.2, 0.25) is 5.91 Å². The minimum absolute atomic E-state index is 0.115. The monoisotopic (exact) mass is 406 g/mol. The zero-order valence-corrected chi connectivity index (χ0v) is 15.8. The van der Waals surface area contributed by atoms with Crippen LogP contribution in [-0.4, -0.2) is 29.2 Å². The van der Waals surface area contributed by atoms with Crippen LogP contribution in [0.4, 0.5) is 5.69 Å².